The van der Waals surface area contributed by atoms with E-state index in [-0.39, 0.29) is 6.61 Å². The highest BCUT2D eigenvalue weighted by atomic mass is 16.5. The van der Waals surface area contributed by atoms with Crippen LogP contribution in [0.1, 0.15) is 18.9 Å². The van der Waals surface area contributed by atoms with Crippen molar-refractivity contribution in [3.63, 3.8) is 0 Å². The molecule has 1 aliphatic rings. The molecule has 0 aromatic heterocycles. The fraction of sp³-hybridized carbons (Fsp3) is 0.455. The third-order valence-electron chi connectivity index (χ3n) is 1.82. The molecule has 0 aliphatic carbocycles. The maximum atomic E-state index is 7.57. The van der Waals surface area contributed by atoms with E-state index >= 15 is 0 Å². The van der Waals surface area contributed by atoms with Crippen LogP contribution >= 0.6 is 0 Å². The van der Waals surface area contributed by atoms with Gasteiger partial charge in [0.25, 0.3) is 0 Å². The molecule has 1 aromatic carbocycles. The van der Waals surface area contributed by atoms with E-state index in [1.807, 2.05) is 12.1 Å². The Morgan fingerprint density at radius 1 is 1.38 bits per heavy atom. The van der Waals surface area contributed by atoms with Gasteiger partial charge in [0, 0.05) is 6.61 Å². The van der Waals surface area contributed by atoms with E-state index in [2.05, 4.69) is 12.1 Å². The lowest BCUT2D eigenvalue weighted by molar-refractivity contribution is 0.288. The van der Waals surface area contributed by atoms with Gasteiger partial charge in [-0.15, -0.1) is 0 Å². The quantitative estimate of drug-likeness (QED) is 0.661. The van der Waals surface area contributed by atoms with E-state index in [4.69, 9.17) is 9.84 Å². The normalized spacial score (nSPS) is 13.4. The molecule has 2 heteroatoms. The van der Waals surface area contributed by atoms with Gasteiger partial charge >= 0.3 is 0 Å². The average molecular weight is 180 g/mol. The van der Waals surface area contributed by atoms with Crippen LogP contribution in [0, 0.1) is 0 Å². The molecule has 0 unspecified atom stereocenters. The lowest BCUT2D eigenvalue weighted by atomic mass is 10.1. The second-order valence-corrected chi connectivity index (χ2v) is 2.88. The Bertz CT molecular complexity index is 221. The number of hydrogen-bond acceptors (Lipinski definition) is 2. The van der Waals surface area contributed by atoms with Crippen molar-refractivity contribution in [3.8, 4) is 5.75 Å². The van der Waals surface area contributed by atoms with Gasteiger partial charge in [-0.1, -0.05) is 18.2 Å². The van der Waals surface area contributed by atoms with Gasteiger partial charge in [-0.2, -0.15) is 0 Å². The Kier molecular flexibility index (Phi) is 4.33. The summed E-state index contributed by atoms with van der Waals surface area (Å²) in [6.45, 7) is 2.82. The average Bonchev–Trinajstić information content (AvgIpc) is 2.19. The van der Waals surface area contributed by atoms with Crippen LogP contribution < -0.4 is 4.74 Å². The number of fused-ring (bicyclic) bond motifs is 1. The Labute approximate surface area is 79.2 Å². The summed E-state index contributed by atoms with van der Waals surface area (Å²) in [5.41, 5.74) is 1.36. The van der Waals surface area contributed by atoms with Crippen molar-refractivity contribution >= 4 is 0 Å². The molecule has 0 bridgehead atoms. The highest BCUT2D eigenvalue weighted by molar-refractivity contribution is 5.34. The van der Waals surface area contributed by atoms with Crippen LogP contribution in [0.4, 0.5) is 0 Å². The molecular formula is C11H16O2. The number of benzene rings is 1. The zero-order chi connectivity index (χ0) is 9.52. The lowest BCUT2D eigenvalue weighted by Crippen LogP contribution is -2.07. The smallest absolute Gasteiger partial charge is 0.122 e. The first-order valence-corrected chi connectivity index (χ1v) is 4.70. The topological polar surface area (TPSA) is 29.5 Å². The molecule has 72 valence electrons. The first-order valence-electron chi connectivity index (χ1n) is 4.70. The van der Waals surface area contributed by atoms with Crippen LogP contribution in [0.5, 0.6) is 5.75 Å². The van der Waals surface area contributed by atoms with E-state index in [9.17, 15) is 0 Å². The van der Waals surface area contributed by atoms with Crippen LogP contribution in [-0.2, 0) is 6.42 Å². The summed E-state index contributed by atoms with van der Waals surface area (Å²) in [4.78, 5) is 0. The van der Waals surface area contributed by atoms with Crippen molar-refractivity contribution in [3.05, 3.63) is 29.8 Å². The SMILES string of the molecule is CCO.c1ccc2c(c1)CCCO2. The molecule has 0 spiro atoms. The van der Waals surface area contributed by atoms with E-state index in [0.717, 1.165) is 18.8 Å². The summed E-state index contributed by atoms with van der Waals surface area (Å²) < 4.78 is 5.42. The molecular weight excluding hydrogens is 164 g/mol. The molecule has 2 nitrogen and oxygen atoms in total. The number of rotatable bonds is 0. The predicted molar refractivity (Wildman–Crippen MR) is 53.0 cm³/mol. The molecule has 1 aromatic rings. The van der Waals surface area contributed by atoms with Crippen molar-refractivity contribution in [2.75, 3.05) is 13.2 Å². The molecule has 0 saturated heterocycles. The Hall–Kier alpha value is -1.02. The Morgan fingerprint density at radius 2 is 2.08 bits per heavy atom. The molecule has 0 atom stereocenters. The van der Waals surface area contributed by atoms with Crippen molar-refractivity contribution < 1.29 is 9.84 Å². The summed E-state index contributed by atoms with van der Waals surface area (Å²) in [5.74, 6) is 1.08. The minimum absolute atomic E-state index is 0.250. The lowest BCUT2D eigenvalue weighted by Gasteiger charge is -2.15. The number of hydrogen-bond donors (Lipinski definition) is 1. The summed E-state index contributed by atoms with van der Waals surface area (Å²) in [7, 11) is 0. The third-order valence-corrected chi connectivity index (χ3v) is 1.82. The number of aliphatic hydroxyl groups is 1. The van der Waals surface area contributed by atoms with Crippen molar-refractivity contribution in [1.82, 2.24) is 0 Å². The summed E-state index contributed by atoms with van der Waals surface area (Å²) >= 11 is 0. The summed E-state index contributed by atoms with van der Waals surface area (Å²) in [6.07, 6.45) is 2.34. The number of aryl methyl sites for hydroxylation is 1. The fourth-order valence-electron chi connectivity index (χ4n) is 1.30. The van der Waals surface area contributed by atoms with Gasteiger partial charge in [0.2, 0.25) is 0 Å². The largest absolute Gasteiger partial charge is 0.493 e. The second kappa shape index (κ2) is 5.60. The molecule has 2 rings (SSSR count). The molecule has 0 amide bonds. The van der Waals surface area contributed by atoms with E-state index < -0.39 is 0 Å². The Balaban J connectivity index is 0.000000251. The van der Waals surface area contributed by atoms with Crippen molar-refractivity contribution in [1.29, 1.82) is 0 Å². The standard InChI is InChI=1S/C9H10O.C2H6O/c1-2-6-9-8(4-1)5-3-7-10-9;1-2-3/h1-2,4,6H,3,5,7H2;3H,2H2,1H3. The van der Waals surface area contributed by atoms with Crippen LogP contribution in [0.2, 0.25) is 0 Å². The van der Waals surface area contributed by atoms with Crippen molar-refractivity contribution in [2.24, 2.45) is 0 Å². The number of ether oxygens (including phenoxy) is 1. The fourth-order valence-corrected chi connectivity index (χ4v) is 1.30. The predicted octanol–water partition coefficient (Wildman–Crippen LogP) is 2.01. The second-order valence-electron chi connectivity index (χ2n) is 2.88. The molecule has 0 fully saturated rings. The van der Waals surface area contributed by atoms with Gasteiger partial charge < -0.3 is 9.84 Å². The van der Waals surface area contributed by atoms with Crippen molar-refractivity contribution in [2.45, 2.75) is 19.8 Å². The van der Waals surface area contributed by atoms with Gasteiger partial charge in [-0.25, -0.2) is 0 Å². The van der Waals surface area contributed by atoms with Crippen LogP contribution in [0.15, 0.2) is 24.3 Å². The minimum atomic E-state index is 0.250. The molecule has 0 radical (unpaired) electrons. The van der Waals surface area contributed by atoms with E-state index in [1.165, 1.54) is 12.0 Å². The number of aliphatic hydroxyl groups excluding tert-OH is 1. The molecule has 1 N–H and O–H groups in total. The van der Waals surface area contributed by atoms with Gasteiger partial charge in [-0.05, 0) is 31.4 Å². The molecule has 1 heterocycles. The van der Waals surface area contributed by atoms with Gasteiger partial charge in [0.15, 0.2) is 0 Å². The molecule has 1 aliphatic heterocycles. The molecule has 0 saturated carbocycles. The monoisotopic (exact) mass is 180 g/mol. The zero-order valence-electron chi connectivity index (χ0n) is 7.99. The highest BCUT2D eigenvalue weighted by Gasteiger charge is 2.06. The van der Waals surface area contributed by atoms with Gasteiger partial charge in [0.05, 0.1) is 6.61 Å². The van der Waals surface area contributed by atoms with E-state index in [1.54, 1.807) is 6.92 Å². The Morgan fingerprint density at radius 3 is 2.77 bits per heavy atom. The third kappa shape index (κ3) is 3.07. The summed E-state index contributed by atoms with van der Waals surface area (Å²) in [6, 6.07) is 8.25. The highest BCUT2D eigenvalue weighted by Crippen LogP contribution is 2.22. The maximum absolute atomic E-state index is 7.57. The van der Waals surface area contributed by atoms with Crippen LogP contribution in [0.3, 0.4) is 0 Å². The molecule has 13 heavy (non-hydrogen) atoms. The first kappa shape index (κ1) is 10.1. The maximum Gasteiger partial charge on any atom is 0.122 e. The summed E-state index contributed by atoms with van der Waals surface area (Å²) in [5, 5.41) is 7.57. The van der Waals surface area contributed by atoms with Gasteiger partial charge in [-0.3, -0.25) is 0 Å². The van der Waals surface area contributed by atoms with Crippen LogP contribution in [-0.4, -0.2) is 18.3 Å². The van der Waals surface area contributed by atoms with Crippen LogP contribution in [0.25, 0.3) is 0 Å². The van der Waals surface area contributed by atoms with Gasteiger partial charge in [0.1, 0.15) is 5.75 Å². The van der Waals surface area contributed by atoms with E-state index in [0.29, 0.717) is 0 Å². The minimum Gasteiger partial charge on any atom is -0.493 e. The zero-order valence-corrected chi connectivity index (χ0v) is 7.99. The first-order chi connectivity index (χ1) is 6.38. The number of para-hydroxylation sites is 1.